The van der Waals surface area contributed by atoms with Crippen molar-refractivity contribution in [2.45, 2.75) is 39.2 Å². The molecule has 2 aromatic rings. The summed E-state index contributed by atoms with van der Waals surface area (Å²) in [6, 6.07) is 7.81. The van der Waals surface area contributed by atoms with E-state index in [-0.39, 0.29) is 17.9 Å². The molecule has 0 saturated heterocycles. The highest BCUT2D eigenvalue weighted by Crippen LogP contribution is 2.24. The summed E-state index contributed by atoms with van der Waals surface area (Å²) in [6.45, 7) is 8.29. The maximum Gasteiger partial charge on any atom is 0.258 e. The van der Waals surface area contributed by atoms with Crippen LogP contribution >= 0.6 is 0 Å². The predicted octanol–water partition coefficient (Wildman–Crippen LogP) is 2.50. The quantitative estimate of drug-likeness (QED) is 0.873. The molecule has 0 aliphatic heterocycles. The van der Waals surface area contributed by atoms with Gasteiger partial charge in [-0.15, -0.1) is 0 Å². The molecule has 25 heavy (non-hydrogen) atoms. The van der Waals surface area contributed by atoms with Crippen molar-refractivity contribution in [1.82, 2.24) is 15.1 Å². The molecule has 0 aliphatic rings. The first-order valence-electron chi connectivity index (χ1n) is 8.29. The average molecular weight is 345 g/mol. The highest BCUT2D eigenvalue weighted by atomic mass is 16.5. The fraction of sp³-hybridized carbons (Fsp3) is 0.474. The van der Waals surface area contributed by atoms with Crippen molar-refractivity contribution in [3.05, 3.63) is 46.6 Å². The molecule has 0 spiro atoms. The van der Waals surface area contributed by atoms with Gasteiger partial charge < -0.3 is 15.2 Å². The van der Waals surface area contributed by atoms with Gasteiger partial charge in [0.05, 0.1) is 18.9 Å². The van der Waals surface area contributed by atoms with Crippen LogP contribution < -0.4 is 10.1 Å². The number of aliphatic hydroxyl groups is 1. The number of methoxy groups -OCH3 is 1. The van der Waals surface area contributed by atoms with Gasteiger partial charge in [0.1, 0.15) is 5.56 Å². The SMILES string of the molecule is COc1c(C(=O)NCC(O)c2ccc(C(C)(C)C)cc2)c(C)nn1C. The number of nitrogens with zero attached hydrogens (tertiary/aromatic N) is 2. The highest BCUT2D eigenvalue weighted by molar-refractivity contribution is 5.97. The molecule has 1 amide bonds. The van der Waals surface area contributed by atoms with Gasteiger partial charge in [-0.1, -0.05) is 45.0 Å². The van der Waals surface area contributed by atoms with Crippen LogP contribution in [-0.2, 0) is 12.5 Å². The molecule has 136 valence electrons. The maximum absolute atomic E-state index is 12.4. The Morgan fingerprint density at radius 3 is 2.44 bits per heavy atom. The van der Waals surface area contributed by atoms with Crippen LogP contribution in [0.1, 0.15) is 54.1 Å². The largest absolute Gasteiger partial charge is 0.481 e. The monoisotopic (exact) mass is 345 g/mol. The maximum atomic E-state index is 12.4. The number of nitrogens with one attached hydrogen (secondary N) is 1. The zero-order chi connectivity index (χ0) is 18.8. The molecule has 6 nitrogen and oxygen atoms in total. The van der Waals surface area contributed by atoms with E-state index in [1.165, 1.54) is 17.4 Å². The van der Waals surface area contributed by atoms with Crippen molar-refractivity contribution < 1.29 is 14.6 Å². The van der Waals surface area contributed by atoms with Crippen LogP contribution in [0.5, 0.6) is 5.88 Å². The van der Waals surface area contributed by atoms with Crippen molar-refractivity contribution in [3.8, 4) is 5.88 Å². The fourth-order valence-electron chi connectivity index (χ4n) is 2.73. The number of hydrogen-bond donors (Lipinski definition) is 2. The first-order valence-corrected chi connectivity index (χ1v) is 8.29. The Morgan fingerprint density at radius 2 is 1.92 bits per heavy atom. The molecular weight excluding hydrogens is 318 g/mol. The van der Waals surface area contributed by atoms with Gasteiger partial charge in [0, 0.05) is 13.6 Å². The van der Waals surface area contributed by atoms with Crippen LogP contribution in [0.3, 0.4) is 0 Å². The molecule has 2 N–H and O–H groups in total. The summed E-state index contributed by atoms with van der Waals surface area (Å²) in [6.07, 6.45) is -0.777. The molecular formula is C19H27N3O3. The topological polar surface area (TPSA) is 76.4 Å². The molecule has 0 saturated carbocycles. The number of aliphatic hydroxyl groups excluding tert-OH is 1. The third-order valence-corrected chi connectivity index (χ3v) is 4.21. The standard InChI is InChI=1S/C19H27N3O3/c1-12-16(18(25-6)22(5)21-12)17(24)20-11-15(23)13-7-9-14(10-8-13)19(2,3)4/h7-10,15,23H,11H2,1-6H3,(H,20,24). The first-order chi connectivity index (χ1) is 11.6. The summed E-state index contributed by atoms with van der Waals surface area (Å²) < 4.78 is 6.75. The van der Waals surface area contributed by atoms with Crippen molar-refractivity contribution in [1.29, 1.82) is 0 Å². The van der Waals surface area contributed by atoms with Gasteiger partial charge >= 0.3 is 0 Å². The second-order valence-corrected chi connectivity index (χ2v) is 7.19. The molecule has 0 aliphatic carbocycles. The van der Waals surface area contributed by atoms with Gasteiger partial charge in [0.2, 0.25) is 5.88 Å². The van der Waals surface area contributed by atoms with E-state index in [2.05, 4.69) is 31.2 Å². The van der Waals surface area contributed by atoms with Crippen LogP contribution in [-0.4, -0.2) is 34.4 Å². The second-order valence-electron chi connectivity index (χ2n) is 7.19. The Hall–Kier alpha value is -2.34. The van der Waals surface area contributed by atoms with Gasteiger partial charge in [-0.25, -0.2) is 4.68 Å². The van der Waals surface area contributed by atoms with Gasteiger partial charge in [-0.3, -0.25) is 4.79 Å². The first kappa shape index (κ1) is 19.0. The number of ether oxygens (including phenoxy) is 1. The van der Waals surface area contributed by atoms with Crippen LogP contribution in [0, 0.1) is 6.92 Å². The number of carbonyl (C=O) groups is 1. The molecule has 0 bridgehead atoms. The lowest BCUT2D eigenvalue weighted by Crippen LogP contribution is -2.29. The Bertz CT molecular complexity index is 743. The van der Waals surface area contributed by atoms with Crippen molar-refractivity contribution in [3.63, 3.8) is 0 Å². The van der Waals surface area contributed by atoms with Gasteiger partial charge in [-0.2, -0.15) is 5.10 Å². The molecule has 0 radical (unpaired) electrons. The Kier molecular flexibility index (Phi) is 5.52. The summed E-state index contributed by atoms with van der Waals surface area (Å²) >= 11 is 0. The normalized spacial score (nSPS) is 12.8. The average Bonchev–Trinajstić information content (AvgIpc) is 2.85. The fourth-order valence-corrected chi connectivity index (χ4v) is 2.73. The van der Waals surface area contributed by atoms with E-state index in [0.29, 0.717) is 17.1 Å². The van der Waals surface area contributed by atoms with E-state index in [9.17, 15) is 9.90 Å². The molecule has 6 heteroatoms. The molecule has 1 unspecified atom stereocenters. The van der Waals surface area contributed by atoms with Crippen LogP contribution in [0.25, 0.3) is 0 Å². The predicted molar refractivity (Wildman–Crippen MR) is 96.9 cm³/mol. The lowest BCUT2D eigenvalue weighted by Gasteiger charge is -2.20. The smallest absolute Gasteiger partial charge is 0.258 e. The van der Waals surface area contributed by atoms with E-state index >= 15 is 0 Å². The lowest BCUT2D eigenvalue weighted by atomic mass is 9.86. The Balaban J connectivity index is 2.05. The summed E-state index contributed by atoms with van der Waals surface area (Å²) in [4.78, 5) is 12.4. The Labute approximate surface area is 148 Å². The highest BCUT2D eigenvalue weighted by Gasteiger charge is 2.22. The van der Waals surface area contributed by atoms with E-state index in [4.69, 9.17) is 4.74 Å². The number of carbonyl (C=O) groups excluding carboxylic acids is 1. The minimum Gasteiger partial charge on any atom is -0.481 e. The minimum atomic E-state index is -0.777. The van der Waals surface area contributed by atoms with Crippen LogP contribution in [0.15, 0.2) is 24.3 Å². The molecule has 1 heterocycles. The van der Waals surface area contributed by atoms with Gasteiger partial charge in [-0.05, 0) is 23.5 Å². The molecule has 0 fully saturated rings. The third kappa shape index (κ3) is 4.20. The molecule has 2 rings (SSSR count). The number of amides is 1. The summed E-state index contributed by atoms with van der Waals surface area (Å²) in [5.41, 5.74) is 3.00. The van der Waals surface area contributed by atoms with Crippen molar-refractivity contribution in [2.75, 3.05) is 13.7 Å². The van der Waals surface area contributed by atoms with E-state index < -0.39 is 6.10 Å². The van der Waals surface area contributed by atoms with Crippen molar-refractivity contribution in [2.24, 2.45) is 7.05 Å². The number of rotatable bonds is 5. The van der Waals surface area contributed by atoms with E-state index in [1.807, 2.05) is 24.3 Å². The van der Waals surface area contributed by atoms with Gasteiger partial charge in [0.15, 0.2) is 0 Å². The van der Waals surface area contributed by atoms with Crippen LogP contribution in [0.4, 0.5) is 0 Å². The zero-order valence-electron chi connectivity index (χ0n) is 15.8. The van der Waals surface area contributed by atoms with E-state index in [1.54, 1.807) is 14.0 Å². The summed E-state index contributed by atoms with van der Waals surface area (Å²) in [5.74, 6) is 0.0897. The summed E-state index contributed by atoms with van der Waals surface area (Å²) in [7, 11) is 3.22. The second kappa shape index (κ2) is 7.27. The van der Waals surface area contributed by atoms with E-state index in [0.717, 1.165) is 5.56 Å². The van der Waals surface area contributed by atoms with Crippen LogP contribution in [0.2, 0.25) is 0 Å². The molecule has 1 aromatic heterocycles. The van der Waals surface area contributed by atoms with Gasteiger partial charge in [0.25, 0.3) is 5.91 Å². The number of benzene rings is 1. The lowest BCUT2D eigenvalue weighted by molar-refractivity contribution is 0.0912. The number of aromatic nitrogens is 2. The molecule has 1 atom stereocenters. The summed E-state index contributed by atoms with van der Waals surface area (Å²) in [5, 5.41) is 17.3. The Morgan fingerprint density at radius 1 is 1.32 bits per heavy atom. The number of hydrogen-bond acceptors (Lipinski definition) is 4. The zero-order valence-corrected chi connectivity index (χ0v) is 15.8. The number of aryl methyl sites for hydroxylation is 2. The third-order valence-electron chi connectivity index (χ3n) is 4.21. The molecule has 1 aromatic carbocycles. The minimum absolute atomic E-state index is 0.0616. The van der Waals surface area contributed by atoms with Crippen molar-refractivity contribution >= 4 is 5.91 Å².